The van der Waals surface area contributed by atoms with E-state index in [9.17, 15) is 15.0 Å². The number of carbonyl (C=O) groups excluding carboxylic acids is 1. The fourth-order valence-corrected chi connectivity index (χ4v) is 3.80. The second kappa shape index (κ2) is 9.42. The van der Waals surface area contributed by atoms with E-state index in [1.54, 1.807) is 17.0 Å². The van der Waals surface area contributed by atoms with E-state index in [4.69, 9.17) is 0 Å². The molecule has 1 aliphatic rings. The first-order valence-electron chi connectivity index (χ1n) is 10.5. The van der Waals surface area contributed by atoms with Gasteiger partial charge in [0.1, 0.15) is 5.75 Å². The third kappa shape index (κ3) is 5.58. The number of aliphatic hydroxyl groups is 1. The largest absolute Gasteiger partial charge is 0.508 e. The van der Waals surface area contributed by atoms with Crippen molar-refractivity contribution in [2.24, 2.45) is 0 Å². The molecule has 0 aliphatic carbocycles. The predicted octanol–water partition coefficient (Wildman–Crippen LogP) is 3.20. The number of phenols is 1. The first-order chi connectivity index (χ1) is 13.9. The minimum atomic E-state index is -1.34. The number of phenolic OH excluding ortho intramolecular Hbond substituents is 1. The molecule has 1 amide bonds. The lowest BCUT2D eigenvalue weighted by Gasteiger charge is -2.38. The molecule has 1 unspecified atom stereocenters. The van der Waals surface area contributed by atoms with Crippen LogP contribution in [0.4, 0.5) is 0 Å². The lowest BCUT2D eigenvalue weighted by molar-refractivity contribution is -0.157. The van der Waals surface area contributed by atoms with E-state index in [0.29, 0.717) is 32.0 Å². The Morgan fingerprint density at radius 3 is 2.38 bits per heavy atom. The molecule has 3 rings (SSSR count). The van der Waals surface area contributed by atoms with Gasteiger partial charge in [-0.25, -0.2) is 0 Å². The van der Waals surface area contributed by atoms with Crippen LogP contribution in [0.15, 0.2) is 48.5 Å². The standard InChI is InChI=1S/C24H32N2O3/c1-18(2)21-8-4-20(5-9-21)16-26-15-3-13-24(29,23(26)28)17-25-14-12-19-6-10-22(27)11-7-19/h4-11,18,25,27,29H,3,12-17H2,1-2H3. The van der Waals surface area contributed by atoms with Crippen molar-refractivity contribution in [1.29, 1.82) is 0 Å². The molecule has 3 N–H and O–H groups in total. The highest BCUT2D eigenvalue weighted by Crippen LogP contribution is 2.24. The summed E-state index contributed by atoms with van der Waals surface area (Å²) in [5.74, 6) is 0.551. The van der Waals surface area contributed by atoms with Crippen LogP contribution in [0.2, 0.25) is 0 Å². The molecular weight excluding hydrogens is 364 g/mol. The minimum Gasteiger partial charge on any atom is -0.508 e. The highest BCUT2D eigenvalue weighted by molar-refractivity contribution is 5.86. The molecule has 0 aromatic heterocycles. The van der Waals surface area contributed by atoms with Gasteiger partial charge in [0.25, 0.3) is 5.91 Å². The van der Waals surface area contributed by atoms with Crippen LogP contribution >= 0.6 is 0 Å². The SMILES string of the molecule is CC(C)c1ccc(CN2CCCC(O)(CNCCc3ccc(O)cc3)C2=O)cc1. The summed E-state index contributed by atoms with van der Waals surface area (Å²) in [5, 5.41) is 23.5. The molecular formula is C24H32N2O3. The highest BCUT2D eigenvalue weighted by Gasteiger charge is 2.41. The molecule has 0 spiro atoms. The summed E-state index contributed by atoms with van der Waals surface area (Å²) in [4.78, 5) is 14.7. The van der Waals surface area contributed by atoms with Crippen molar-refractivity contribution in [2.45, 2.75) is 51.2 Å². The Morgan fingerprint density at radius 2 is 1.72 bits per heavy atom. The number of nitrogens with one attached hydrogen (secondary N) is 1. The van der Waals surface area contributed by atoms with Crippen molar-refractivity contribution in [2.75, 3.05) is 19.6 Å². The third-order valence-corrected chi connectivity index (χ3v) is 5.67. The molecule has 0 radical (unpaired) electrons. The normalized spacial score (nSPS) is 19.7. The summed E-state index contributed by atoms with van der Waals surface area (Å²) >= 11 is 0. The number of rotatable bonds is 8. The molecule has 5 nitrogen and oxygen atoms in total. The molecule has 1 aliphatic heterocycles. The summed E-state index contributed by atoms with van der Waals surface area (Å²) < 4.78 is 0. The van der Waals surface area contributed by atoms with Crippen molar-refractivity contribution in [3.8, 4) is 5.75 Å². The summed E-state index contributed by atoms with van der Waals surface area (Å²) in [6.07, 6.45) is 2.06. The number of hydrogen-bond acceptors (Lipinski definition) is 4. The molecule has 2 aromatic rings. The summed E-state index contributed by atoms with van der Waals surface area (Å²) in [6, 6.07) is 15.5. The second-order valence-electron chi connectivity index (χ2n) is 8.35. The molecule has 0 saturated carbocycles. The zero-order chi connectivity index (χ0) is 20.9. The number of carbonyl (C=O) groups is 1. The van der Waals surface area contributed by atoms with Gasteiger partial charge in [0.05, 0.1) is 0 Å². The van der Waals surface area contributed by atoms with E-state index in [-0.39, 0.29) is 18.2 Å². The van der Waals surface area contributed by atoms with Gasteiger partial charge in [-0.05, 0) is 60.5 Å². The maximum Gasteiger partial charge on any atom is 0.256 e. The number of hydrogen-bond donors (Lipinski definition) is 3. The fraction of sp³-hybridized carbons (Fsp3) is 0.458. The van der Waals surface area contributed by atoms with Crippen LogP contribution in [0, 0.1) is 0 Å². The van der Waals surface area contributed by atoms with Crippen molar-refractivity contribution in [3.63, 3.8) is 0 Å². The van der Waals surface area contributed by atoms with E-state index >= 15 is 0 Å². The average molecular weight is 397 g/mol. The molecule has 1 saturated heterocycles. The van der Waals surface area contributed by atoms with Crippen LogP contribution in [-0.2, 0) is 17.8 Å². The quantitative estimate of drug-likeness (QED) is 0.599. The smallest absolute Gasteiger partial charge is 0.256 e. The number of aromatic hydroxyl groups is 1. The summed E-state index contributed by atoms with van der Waals surface area (Å²) in [7, 11) is 0. The predicted molar refractivity (Wildman–Crippen MR) is 115 cm³/mol. The first kappa shape index (κ1) is 21.3. The zero-order valence-corrected chi connectivity index (χ0v) is 17.4. The highest BCUT2D eigenvalue weighted by atomic mass is 16.3. The van der Waals surface area contributed by atoms with Gasteiger partial charge >= 0.3 is 0 Å². The summed E-state index contributed by atoms with van der Waals surface area (Å²) in [6.45, 7) is 6.47. The van der Waals surface area contributed by atoms with Crippen LogP contribution in [0.3, 0.4) is 0 Å². The maximum absolute atomic E-state index is 12.9. The van der Waals surface area contributed by atoms with E-state index in [2.05, 4.69) is 43.4 Å². The third-order valence-electron chi connectivity index (χ3n) is 5.67. The number of amides is 1. The van der Waals surface area contributed by atoms with Gasteiger partial charge in [-0.1, -0.05) is 50.2 Å². The molecule has 156 valence electrons. The molecule has 0 bridgehead atoms. The van der Waals surface area contributed by atoms with Gasteiger partial charge < -0.3 is 20.4 Å². The van der Waals surface area contributed by atoms with E-state index in [1.165, 1.54) is 5.56 Å². The Balaban J connectivity index is 1.52. The minimum absolute atomic E-state index is 0.186. The molecule has 5 heteroatoms. The lowest BCUT2D eigenvalue weighted by atomic mass is 9.91. The van der Waals surface area contributed by atoms with Crippen molar-refractivity contribution >= 4 is 5.91 Å². The van der Waals surface area contributed by atoms with Gasteiger partial charge in [-0.15, -0.1) is 0 Å². The van der Waals surface area contributed by atoms with Crippen LogP contribution < -0.4 is 5.32 Å². The fourth-order valence-electron chi connectivity index (χ4n) is 3.80. The molecule has 2 aromatic carbocycles. The average Bonchev–Trinajstić information content (AvgIpc) is 2.71. The van der Waals surface area contributed by atoms with Gasteiger partial charge in [0.15, 0.2) is 5.60 Å². The molecule has 1 atom stereocenters. The Bertz CT molecular complexity index is 802. The topological polar surface area (TPSA) is 72.8 Å². The monoisotopic (exact) mass is 396 g/mol. The molecule has 29 heavy (non-hydrogen) atoms. The number of likely N-dealkylation sites (tertiary alicyclic amines) is 1. The summed E-state index contributed by atoms with van der Waals surface area (Å²) in [5.41, 5.74) is 2.13. The van der Waals surface area contributed by atoms with E-state index in [0.717, 1.165) is 24.0 Å². The van der Waals surface area contributed by atoms with Crippen molar-refractivity contribution in [1.82, 2.24) is 10.2 Å². The zero-order valence-electron chi connectivity index (χ0n) is 17.4. The molecule has 1 fully saturated rings. The Morgan fingerprint density at radius 1 is 1.07 bits per heavy atom. The Hall–Kier alpha value is -2.37. The second-order valence-corrected chi connectivity index (χ2v) is 8.35. The van der Waals surface area contributed by atoms with E-state index in [1.807, 2.05) is 12.1 Å². The van der Waals surface area contributed by atoms with Crippen molar-refractivity contribution in [3.05, 3.63) is 65.2 Å². The van der Waals surface area contributed by atoms with Crippen LogP contribution in [-0.4, -0.2) is 46.3 Å². The number of piperidine rings is 1. The Labute approximate surface area is 173 Å². The lowest BCUT2D eigenvalue weighted by Crippen LogP contribution is -2.57. The van der Waals surface area contributed by atoms with Gasteiger partial charge in [0, 0.05) is 19.6 Å². The van der Waals surface area contributed by atoms with Gasteiger partial charge in [-0.3, -0.25) is 4.79 Å². The molecule has 1 heterocycles. The Kier molecular flexibility index (Phi) is 6.93. The van der Waals surface area contributed by atoms with Crippen LogP contribution in [0.5, 0.6) is 5.75 Å². The number of benzene rings is 2. The van der Waals surface area contributed by atoms with Crippen LogP contribution in [0.25, 0.3) is 0 Å². The van der Waals surface area contributed by atoms with Gasteiger partial charge in [-0.2, -0.15) is 0 Å². The van der Waals surface area contributed by atoms with Gasteiger partial charge in [0.2, 0.25) is 0 Å². The maximum atomic E-state index is 12.9. The first-order valence-corrected chi connectivity index (χ1v) is 10.5. The van der Waals surface area contributed by atoms with Crippen molar-refractivity contribution < 1.29 is 15.0 Å². The van der Waals surface area contributed by atoms with E-state index < -0.39 is 5.60 Å². The van der Waals surface area contributed by atoms with Crippen LogP contribution in [0.1, 0.15) is 49.3 Å². The number of nitrogens with zero attached hydrogens (tertiary/aromatic N) is 1.